The maximum absolute atomic E-state index is 10.6. The fourth-order valence-electron chi connectivity index (χ4n) is 1.85. The van der Waals surface area contributed by atoms with Crippen LogP contribution in [0.15, 0.2) is 46.9 Å². The Kier molecular flexibility index (Phi) is 4.93. The molecule has 2 rings (SSSR count). The van der Waals surface area contributed by atoms with Gasteiger partial charge in [0.05, 0.1) is 11.0 Å². The van der Waals surface area contributed by atoms with Gasteiger partial charge in [0.25, 0.3) is 5.69 Å². The van der Waals surface area contributed by atoms with Gasteiger partial charge in [-0.1, -0.05) is 22.0 Å². The lowest BCUT2D eigenvalue weighted by atomic mass is 10.1. The van der Waals surface area contributed by atoms with Gasteiger partial charge in [-0.15, -0.1) is 0 Å². The molecule has 21 heavy (non-hydrogen) atoms. The van der Waals surface area contributed by atoms with Crippen LogP contribution in [0.2, 0.25) is 0 Å². The van der Waals surface area contributed by atoms with Crippen LogP contribution in [0.3, 0.4) is 0 Å². The van der Waals surface area contributed by atoms with E-state index in [0.717, 1.165) is 15.7 Å². The number of aryl methyl sites for hydroxylation is 1. The summed E-state index contributed by atoms with van der Waals surface area (Å²) in [5.74, 6) is 0. The predicted octanol–water partition coefficient (Wildman–Crippen LogP) is 3.81. The molecule has 0 fully saturated rings. The predicted molar refractivity (Wildman–Crippen MR) is 85.4 cm³/mol. The molecule has 0 radical (unpaired) electrons. The van der Waals surface area contributed by atoms with Gasteiger partial charge < -0.3 is 10.4 Å². The molecule has 0 aromatic heterocycles. The van der Waals surface area contributed by atoms with Gasteiger partial charge in [-0.25, -0.2) is 0 Å². The van der Waals surface area contributed by atoms with Gasteiger partial charge in [0, 0.05) is 28.8 Å². The van der Waals surface area contributed by atoms with Gasteiger partial charge in [-0.2, -0.15) is 0 Å². The zero-order valence-corrected chi connectivity index (χ0v) is 13.0. The first-order chi connectivity index (χ1) is 9.97. The van der Waals surface area contributed by atoms with E-state index in [0.29, 0.717) is 12.1 Å². The summed E-state index contributed by atoms with van der Waals surface area (Å²) in [4.78, 5) is 10.1. The molecule has 0 spiro atoms. The molecule has 0 bridgehead atoms. The normalized spacial score (nSPS) is 12.0. The number of halogens is 1. The molecule has 110 valence electrons. The average molecular weight is 351 g/mol. The maximum atomic E-state index is 10.6. The van der Waals surface area contributed by atoms with Gasteiger partial charge in [0.1, 0.15) is 0 Å². The Bertz CT molecular complexity index is 644. The highest BCUT2D eigenvalue weighted by Crippen LogP contribution is 2.22. The van der Waals surface area contributed by atoms with Crippen molar-refractivity contribution in [3.63, 3.8) is 0 Å². The van der Waals surface area contributed by atoms with E-state index in [1.54, 1.807) is 12.1 Å². The maximum Gasteiger partial charge on any atom is 0.269 e. The van der Waals surface area contributed by atoms with Crippen LogP contribution in [0.25, 0.3) is 0 Å². The van der Waals surface area contributed by atoms with E-state index in [9.17, 15) is 15.2 Å². The van der Waals surface area contributed by atoms with Crippen molar-refractivity contribution in [2.24, 2.45) is 0 Å². The van der Waals surface area contributed by atoms with E-state index >= 15 is 0 Å². The smallest absolute Gasteiger partial charge is 0.269 e. The first-order valence-electron chi connectivity index (χ1n) is 6.40. The van der Waals surface area contributed by atoms with Crippen LogP contribution in [0.5, 0.6) is 0 Å². The zero-order chi connectivity index (χ0) is 15.4. The second-order valence-corrected chi connectivity index (χ2v) is 5.56. The number of hydrogen-bond donors (Lipinski definition) is 2. The van der Waals surface area contributed by atoms with E-state index in [-0.39, 0.29) is 5.69 Å². The summed E-state index contributed by atoms with van der Waals surface area (Å²) >= 11 is 3.45. The van der Waals surface area contributed by atoms with Crippen molar-refractivity contribution in [3.8, 4) is 0 Å². The highest BCUT2D eigenvalue weighted by molar-refractivity contribution is 9.10. The molecule has 0 amide bonds. The van der Waals surface area contributed by atoms with E-state index in [2.05, 4.69) is 21.2 Å². The van der Waals surface area contributed by atoms with Crippen LogP contribution in [0, 0.1) is 17.0 Å². The summed E-state index contributed by atoms with van der Waals surface area (Å²) in [6, 6.07) is 11.8. The molecule has 0 aliphatic carbocycles. The SMILES string of the molecule is Cc1ccc(NCC(O)c2ccc([N+](=O)[O-])cc2)cc1Br. The first-order valence-corrected chi connectivity index (χ1v) is 7.19. The number of nitrogens with zero attached hydrogens (tertiary/aromatic N) is 1. The lowest BCUT2D eigenvalue weighted by molar-refractivity contribution is -0.384. The highest BCUT2D eigenvalue weighted by atomic mass is 79.9. The zero-order valence-electron chi connectivity index (χ0n) is 11.4. The molecule has 0 saturated carbocycles. The number of benzene rings is 2. The van der Waals surface area contributed by atoms with Crippen molar-refractivity contribution in [3.05, 3.63) is 68.2 Å². The van der Waals surface area contributed by atoms with E-state index < -0.39 is 11.0 Å². The Morgan fingerprint density at radius 1 is 1.29 bits per heavy atom. The third kappa shape index (κ3) is 4.03. The van der Waals surface area contributed by atoms with Crippen molar-refractivity contribution in [2.45, 2.75) is 13.0 Å². The molecule has 0 saturated heterocycles. The molecule has 2 aromatic rings. The molecule has 6 heteroatoms. The lowest BCUT2D eigenvalue weighted by Gasteiger charge is -2.13. The van der Waals surface area contributed by atoms with Crippen molar-refractivity contribution in [2.75, 3.05) is 11.9 Å². The van der Waals surface area contributed by atoms with Crippen molar-refractivity contribution >= 4 is 27.3 Å². The van der Waals surface area contributed by atoms with E-state index in [1.807, 2.05) is 25.1 Å². The number of nitrogens with one attached hydrogen (secondary N) is 1. The Balaban J connectivity index is 1.99. The van der Waals surface area contributed by atoms with Crippen LogP contribution in [-0.4, -0.2) is 16.6 Å². The van der Waals surface area contributed by atoms with Crippen LogP contribution in [0.1, 0.15) is 17.2 Å². The van der Waals surface area contributed by atoms with Gasteiger partial charge in [0.2, 0.25) is 0 Å². The molecule has 0 aliphatic heterocycles. The van der Waals surface area contributed by atoms with Gasteiger partial charge in [0.15, 0.2) is 0 Å². The molecular formula is C15H15BrN2O3. The topological polar surface area (TPSA) is 75.4 Å². The van der Waals surface area contributed by atoms with Gasteiger partial charge in [-0.05, 0) is 42.3 Å². The average Bonchev–Trinajstić information content (AvgIpc) is 2.48. The summed E-state index contributed by atoms with van der Waals surface area (Å²) in [7, 11) is 0. The van der Waals surface area contributed by atoms with Crippen LogP contribution in [0.4, 0.5) is 11.4 Å². The molecule has 2 N–H and O–H groups in total. The molecular weight excluding hydrogens is 336 g/mol. The monoisotopic (exact) mass is 350 g/mol. The van der Waals surface area contributed by atoms with Crippen molar-refractivity contribution < 1.29 is 10.0 Å². The summed E-state index contributed by atoms with van der Waals surface area (Å²) in [5, 5.41) is 23.8. The highest BCUT2D eigenvalue weighted by Gasteiger charge is 2.10. The van der Waals surface area contributed by atoms with Gasteiger partial charge in [-0.3, -0.25) is 10.1 Å². The number of nitro benzene ring substituents is 1. The summed E-state index contributed by atoms with van der Waals surface area (Å²) < 4.78 is 0.998. The molecule has 1 atom stereocenters. The third-order valence-corrected chi connectivity index (χ3v) is 4.01. The van der Waals surface area contributed by atoms with Gasteiger partial charge >= 0.3 is 0 Å². The second-order valence-electron chi connectivity index (χ2n) is 4.71. The van der Waals surface area contributed by atoms with Crippen molar-refractivity contribution in [1.82, 2.24) is 0 Å². The Labute approximate surface area is 130 Å². The van der Waals surface area contributed by atoms with Crippen LogP contribution < -0.4 is 5.32 Å². The number of aliphatic hydroxyl groups excluding tert-OH is 1. The quantitative estimate of drug-likeness (QED) is 0.634. The summed E-state index contributed by atoms with van der Waals surface area (Å²) in [5.41, 5.74) is 2.69. The first kappa shape index (κ1) is 15.5. The number of aliphatic hydroxyl groups is 1. The number of non-ortho nitro benzene ring substituents is 1. The second kappa shape index (κ2) is 6.69. The lowest BCUT2D eigenvalue weighted by Crippen LogP contribution is -2.12. The van der Waals surface area contributed by atoms with Crippen molar-refractivity contribution in [1.29, 1.82) is 0 Å². The van der Waals surface area contributed by atoms with E-state index in [4.69, 9.17) is 0 Å². The minimum Gasteiger partial charge on any atom is -0.387 e. The fourth-order valence-corrected chi connectivity index (χ4v) is 2.23. The Hall–Kier alpha value is -1.92. The molecule has 5 nitrogen and oxygen atoms in total. The van der Waals surface area contributed by atoms with Crippen LogP contribution in [-0.2, 0) is 0 Å². The minimum atomic E-state index is -0.731. The Morgan fingerprint density at radius 2 is 1.95 bits per heavy atom. The number of nitro groups is 1. The standard InChI is InChI=1S/C15H15BrN2O3/c1-10-2-5-12(8-14(10)16)17-9-15(19)11-3-6-13(7-4-11)18(20)21/h2-8,15,17,19H,9H2,1H3. The minimum absolute atomic E-state index is 0.0152. The number of rotatable bonds is 5. The fraction of sp³-hybridized carbons (Fsp3) is 0.200. The molecule has 0 aliphatic rings. The largest absolute Gasteiger partial charge is 0.387 e. The third-order valence-electron chi connectivity index (χ3n) is 3.16. The summed E-state index contributed by atoms with van der Waals surface area (Å²) in [6.45, 7) is 2.33. The molecule has 1 unspecified atom stereocenters. The summed E-state index contributed by atoms with van der Waals surface area (Å²) in [6.07, 6.45) is -0.731. The van der Waals surface area contributed by atoms with Crippen LogP contribution >= 0.6 is 15.9 Å². The number of hydrogen-bond acceptors (Lipinski definition) is 4. The molecule has 2 aromatic carbocycles. The molecule has 0 heterocycles. The van der Waals surface area contributed by atoms with E-state index in [1.165, 1.54) is 12.1 Å². The number of anilines is 1. The Morgan fingerprint density at radius 3 is 2.52 bits per heavy atom.